The Hall–Kier alpha value is -3.11. The number of hydrogen-bond donors (Lipinski definition) is 7. The average molecular weight is 563 g/mol. The molecular formula is C27H30O13. The summed E-state index contributed by atoms with van der Waals surface area (Å²) in [6.45, 7) is 1.04. The zero-order valence-corrected chi connectivity index (χ0v) is 21.2. The minimum atomic E-state index is -1.70. The molecule has 0 saturated carbocycles. The number of aliphatic hydroxyl groups excluding tert-OH is 6. The van der Waals surface area contributed by atoms with E-state index in [1.54, 1.807) is 12.1 Å². The molecule has 2 aliphatic rings. The van der Waals surface area contributed by atoms with Gasteiger partial charge in [0.15, 0.2) is 11.7 Å². The van der Waals surface area contributed by atoms with E-state index in [1.165, 1.54) is 43.3 Å². The Kier molecular flexibility index (Phi) is 8.10. The molecular weight excluding hydrogens is 532 g/mol. The molecule has 2 aromatic carbocycles. The second-order valence-corrected chi connectivity index (χ2v) is 9.83. The first-order valence-electron chi connectivity index (χ1n) is 12.6. The Bertz CT molecular complexity index is 1380. The van der Waals surface area contributed by atoms with Gasteiger partial charge in [0.2, 0.25) is 6.29 Å². The van der Waals surface area contributed by atoms with Crippen molar-refractivity contribution in [2.75, 3.05) is 6.61 Å². The molecule has 13 nitrogen and oxygen atoms in total. The van der Waals surface area contributed by atoms with Crippen LogP contribution >= 0.6 is 0 Å². The fourth-order valence-electron chi connectivity index (χ4n) is 4.60. The van der Waals surface area contributed by atoms with Gasteiger partial charge in [0.05, 0.1) is 18.1 Å². The van der Waals surface area contributed by atoms with E-state index in [-0.39, 0.29) is 33.7 Å². The van der Waals surface area contributed by atoms with Gasteiger partial charge in [-0.15, -0.1) is 0 Å². The molecule has 3 aromatic rings. The van der Waals surface area contributed by atoms with Crippen LogP contribution in [0.2, 0.25) is 0 Å². The van der Waals surface area contributed by atoms with E-state index < -0.39 is 68.0 Å². The molecule has 5 rings (SSSR count). The average Bonchev–Trinajstić information content (AvgIpc) is 2.94. The van der Waals surface area contributed by atoms with Crippen LogP contribution in [0.3, 0.4) is 0 Å². The van der Waals surface area contributed by atoms with Gasteiger partial charge in [0, 0.05) is 17.7 Å². The highest BCUT2D eigenvalue weighted by Crippen LogP contribution is 2.30. The summed E-state index contributed by atoms with van der Waals surface area (Å²) in [5, 5.41) is 71.1. The molecule has 0 spiro atoms. The van der Waals surface area contributed by atoms with Crippen LogP contribution in [0.15, 0.2) is 57.7 Å². The van der Waals surface area contributed by atoms with Gasteiger partial charge in [-0.3, -0.25) is 4.79 Å². The first-order chi connectivity index (χ1) is 19.0. The molecule has 0 radical (unpaired) electrons. The molecule has 216 valence electrons. The second-order valence-electron chi connectivity index (χ2n) is 9.83. The maximum Gasteiger partial charge on any atom is 0.229 e. The lowest BCUT2D eigenvalue weighted by Gasteiger charge is -2.42. The summed E-state index contributed by atoms with van der Waals surface area (Å²) >= 11 is 0. The first kappa shape index (κ1) is 28.4. The van der Waals surface area contributed by atoms with Gasteiger partial charge in [-0.1, -0.05) is 0 Å². The van der Waals surface area contributed by atoms with Crippen molar-refractivity contribution in [1.82, 2.24) is 0 Å². The summed E-state index contributed by atoms with van der Waals surface area (Å²) in [6.07, 6.45) is -14.4. The van der Waals surface area contributed by atoms with Crippen LogP contribution in [0.1, 0.15) is 6.92 Å². The van der Waals surface area contributed by atoms with E-state index in [4.69, 9.17) is 23.4 Å². The molecule has 13 heteroatoms. The van der Waals surface area contributed by atoms with Crippen LogP contribution in [0, 0.1) is 0 Å². The minimum absolute atomic E-state index is 0.0537. The van der Waals surface area contributed by atoms with Gasteiger partial charge in [0.1, 0.15) is 65.6 Å². The van der Waals surface area contributed by atoms with E-state index in [9.17, 15) is 40.5 Å². The van der Waals surface area contributed by atoms with E-state index in [0.29, 0.717) is 5.56 Å². The van der Waals surface area contributed by atoms with Gasteiger partial charge >= 0.3 is 0 Å². The molecule has 1 aromatic heterocycles. The van der Waals surface area contributed by atoms with Gasteiger partial charge in [-0.05, 0) is 43.3 Å². The highest BCUT2D eigenvalue weighted by atomic mass is 16.7. The molecule has 2 fully saturated rings. The summed E-state index contributed by atoms with van der Waals surface area (Å²) in [4.78, 5) is 12.7. The van der Waals surface area contributed by atoms with Crippen molar-refractivity contribution in [3.63, 3.8) is 0 Å². The van der Waals surface area contributed by atoms with Gasteiger partial charge < -0.3 is 59.1 Å². The molecule has 10 unspecified atom stereocenters. The van der Waals surface area contributed by atoms with Crippen molar-refractivity contribution in [2.45, 2.75) is 68.3 Å². The van der Waals surface area contributed by atoms with Crippen molar-refractivity contribution in [2.24, 2.45) is 0 Å². The van der Waals surface area contributed by atoms with Crippen LogP contribution in [0.25, 0.3) is 22.3 Å². The Morgan fingerprint density at radius 1 is 0.775 bits per heavy atom. The molecule has 7 N–H and O–H groups in total. The normalized spacial score (nSPS) is 34.6. The Morgan fingerprint density at radius 2 is 1.45 bits per heavy atom. The number of fused-ring (bicyclic) bond motifs is 1. The van der Waals surface area contributed by atoms with E-state index in [2.05, 4.69) is 0 Å². The number of aliphatic hydroxyl groups is 6. The van der Waals surface area contributed by atoms with Crippen LogP contribution in [-0.2, 0) is 14.2 Å². The number of ether oxygens (including phenoxy) is 4. The third kappa shape index (κ3) is 5.56. The lowest BCUT2D eigenvalue weighted by molar-refractivity contribution is -0.318. The summed E-state index contributed by atoms with van der Waals surface area (Å²) < 4.78 is 28.1. The molecule has 10 atom stereocenters. The molecule has 0 aliphatic carbocycles. The largest absolute Gasteiger partial charge is 0.508 e. The summed E-state index contributed by atoms with van der Waals surface area (Å²) in [5.74, 6) is 0.416. The maximum atomic E-state index is 12.7. The van der Waals surface area contributed by atoms with Crippen LogP contribution in [-0.4, -0.2) is 104 Å². The third-order valence-electron chi connectivity index (χ3n) is 7.01. The standard InChI is InChI=1S/C27H30O13/c1-11-20(30)22(32)24(34)26(37-11)36-10-19-21(31)23(33)25(35)27(40-19)38-14-6-7-15-16(29)9-17(39-18(15)8-14)12-2-4-13(28)5-3-12/h2-9,11,19-28,30-35H,10H2,1H3. The molecule has 0 amide bonds. The van der Waals surface area contributed by atoms with Crippen LogP contribution in [0.5, 0.6) is 11.5 Å². The molecule has 3 heterocycles. The Balaban J connectivity index is 1.32. The topological polar surface area (TPSA) is 209 Å². The number of phenols is 1. The molecule has 40 heavy (non-hydrogen) atoms. The van der Waals surface area contributed by atoms with Gasteiger partial charge in [-0.25, -0.2) is 0 Å². The van der Waals surface area contributed by atoms with E-state index in [0.717, 1.165) is 0 Å². The van der Waals surface area contributed by atoms with E-state index in [1.807, 2.05) is 0 Å². The van der Waals surface area contributed by atoms with E-state index >= 15 is 0 Å². The molecule has 0 bridgehead atoms. The van der Waals surface area contributed by atoms with Crippen molar-refractivity contribution in [1.29, 1.82) is 0 Å². The lowest BCUT2D eigenvalue weighted by Crippen LogP contribution is -2.61. The fraction of sp³-hybridized carbons (Fsp3) is 0.444. The van der Waals surface area contributed by atoms with Crippen LogP contribution < -0.4 is 10.2 Å². The smallest absolute Gasteiger partial charge is 0.229 e. The third-order valence-corrected chi connectivity index (χ3v) is 7.01. The SMILES string of the molecule is CC1OC(OCC2OC(Oc3ccc4c(=O)cc(-c5ccc(O)cc5)oc4c3)C(O)C(O)C2O)C(O)C(O)C1O. The second kappa shape index (κ2) is 11.4. The highest BCUT2D eigenvalue weighted by molar-refractivity contribution is 5.80. The van der Waals surface area contributed by atoms with Crippen molar-refractivity contribution < 1.29 is 59.1 Å². The molecule has 2 aliphatic heterocycles. The number of aromatic hydroxyl groups is 1. The fourth-order valence-corrected chi connectivity index (χ4v) is 4.60. The number of hydrogen-bond acceptors (Lipinski definition) is 13. The van der Waals surface area contributed by atoms with Crippen LogP contribution in [0.4, 0.5) is 0 Å². The maximum absolute atomic E-state index is 12.7. The van der Waals surface area contributed by atoms with Crippen molar-refractivity contribution >= 4 is 11.0 Å². The zero-order valence-electron chi connectivity index (χ0n) is 21.2. The summed E-state index contributed by atoms with van der Waals surface area (Å²) in [7, 11) is 0. The number of phenolic OH excluding ortho intramolecular Hbond substituents is 1. The van der Waals surface area contributed by atoms with Crippen molar-refractivity contribution in [3.8, 4) is 22.8 Å². The number of benzene rings is 2. The Labute approximate surface area is 227 Å². The molecule has 2 saturated heterocycles. The van der Waals surface area contributed by atoms with Gasteiger partial charge in [0.25, 0.3) is 0 Å². The minimum Gasteiger partial charge on any atom is -0.508 e. The lowest BCUT2D eigenvalue weighted by atomic mass is 9.98. The quantitative estimate of drug-likeness (QED) is 0.196. The predicted molar refractivity (Wildman–Crippen MR) is 135 cm³/mol. The summed E-state index contributed by atoms with van der Waals surface area (Å²) in [5.41, 5.74) is 0.398. The highest BCUT2D eigenvalue weighted by Gasteiger charge is 2.47. The monoisotopic (exact) mass is 562 g/mol. The van der Waals surface area contributed by atoms with Crippen molar-refractivity contribution in [3.05, 3.63) is 58.8 Å². The summed E-state index contributed by atoms with van der Waals surface area (Å²) in [6, 6.07) is 11.7. The number of rotatable bonds is 6. The van der Waals surface area contributed by atoms with Gasteiger partial charge in [-0.2, -0.15) is 0 Å². The first-order valence-corrected chi connectivity index (χ1v) is 12.6. The Morgan fingerprint density at radius 3 is 2.17 bits per heavy atom. The predicted octanol–water partition coefficient (Wildman–Crippen LogP) is -0.804. The zero-order chi connectivity index (χ0) is 28.7.